The molecule has 0 saturated carbocycles. The van der Waals surface area contributed by atoms with E-state index in [0.717, 1.165) is 6.07 Å². The minimum atomic E-state index is -3.61. The van der Waals surface area contributed by atoms with Crippen molar-refractivity contribution >= 4 is 22.4 Å². The molecular formula is C11H16ClFN2O3S. The smallest absolute Gasteiger partial charge is 0.243 e. The van der Waals surface area contributed by atoms with Crippen molar-refractivity contribution < 1.29 is 17.5 Å². The summed E-state index contributed by atoms with van der Waals surface area (Å²) in [5.41, 5.74) is 0. The van der Waals surface area contributed by atoms with Crippen molar-refractivity contribution in [3.8, 4) is 5.75 Å². The van der Waals surface area contributed by atoms with Crippen LogP contribution in [-0.2, 0) is 10.0 Å². The summed E-state index contributed by atoms with van der Waals surface area (Å²) in [6, 6.07) is 3.68. The number of halogens is 2. The molecule has 1 aliphatic rings. The summed E-state index contributed by atoms with van der Waals surface area (Å²) >= 11 is 0. The van der Waals surface area contributed by atoms with Crippen LogP contribution in [0.2, 0.25) is 0 Å². The zero-order valence-corrected chi connectivity index (χ0v) is 12.1. The van der Waals surface area contributed by atoms with Gasteiger partial charge in [-0.2, -0.15) is 4.31 Å². The number of piperazine rings is 1. The predicted molar refractivity (Wildman–Crippen MR) is 71.8 cm³/mol. The Morgan fingerprint density at radius 1 is 1.32 bits per heavy atom. The highest BCUT2D eigenvalue weighted by molar-refractivity contribution is 7.89. The van der Waals surface area contributed by atoms with Gasteiger partial charge in [0.25, 0.3) is 0 Å². The van der Waals surface area contributed by atoms with Gasteiger partial charge >= 0.3 is 0 Å². The van der Waals surface area contributed by atoms with Gasteiger partial charge in [-0.25, -0.2) is 12.8 Å². The Morgan fingerprint density at radius 3 is 2.47 bits per heavy atom. The molecule has 0 unspecified atom stereocenters. The van der Waals surface area contributed by atoms with Crippen molar-refractivity contribution in [2.24, 2.45) is 0 Å². The van der Waals surface area contributed by atoms with Crippen LogP contribution in [0, 0.1) is 5.82 Å². The van der Waals surface area contributed by atoms with Crippen molar-refractivity contribution in [2.45, 2.75) is 4.90 Å². The average molecular weight is 311 g/mol. The topological polar surface area (TPSA) is 58.6 Å². The molecule has 0 bridgehead atoms. The number of benzene rings is 1. The standard InChI is InChI=1S/C11H15FN2O3S.ClH/c1-17-11-3-2-9(8-10(11)12)18(15,16)14-6-4-13-5-7-14;/h2-3,8,13H,4-7H2,1H3;1H. The van der Waals surface area contributed by atoms with Crippen LogP contribution in [0.4, 0.5) is 4.39 Å². The van der Waals surface area contributed by atoms with Gasteiger partial charge in [-0.15, -0.1) is 12.4 Å². The summed E-state index contributed by atoms with van der Waals surface area (Å²) in [7, 11) is -2.28. The van der Waals surface area contributed by atoms with Crippen LogP contribution in [0.1, 0.15) is 0 Å². The third-order valence-electron chi connectivity index (χ3n) is 2.84. The molecule has 1 aromatic carbocycles. The highest BCUT2D eigenvalue weighted by Crippen LogP contribution is 2.23. The molecule has 1 aliphatic heterocycles. The van der Waals surface area contributed by atoms with Crippen LogP contribution in [0.15, 0.2) is 23.1 Å². The van der Waals surface area contributed by atoms with Gasteiger partial charge in [0, 0.05) is 26.2 Å². The minimum Gasteiger partial charge on any atom is -0.494 e. The van der Waals surface area contributed by atoms with Crippen LogP contribution >= 0.6 is 12.4 Å². The van der Waals surface area contributed by atoms with E-state index in [9.17, 15) is 12.8 Å². The molecule has 1 aromatic rings. The Balaban J connectivity index is 0.00000180. The lowest BCUT2D eigenvalue weighted by Crippen LogP contribution is -2.46. The van der Waals surface area contributed by atoms with Crippen LogP contribution in [0.5, 0.6) is 5.75 Å². The molecule has 2 rings (SSSR count). The van der Waals surface area contributed by atoms with Crippen molar-refractivity contribution in [1.82, 2.24) is 9.62 Å². The van der Waals surface area contributed by atoms with Gasteiger partial charge in [0.2, 0.25) is 10.0 Å². The fourth-order valence-corrected chi connectivity index (χ4v) is 3.30. The number of hydrogen-bond acceptors (Lipinski definition) is 4. The fraction of sp³-hybridized carbons (Fsp3) is 0.455. The van der Waals surface area contributed by atoms with Crippen molar-refractivity contribution in [3.05, 3.63) is 24.0 Å². The van der Waals surface area contributed by atoms with E-state index in [1.165, 1.54) is 23.5 Å². The van der Waals surface area contributed by atoms with Crippen molar-refractivity contribution in [2.75, 3.05) is 33.3 Å². The van der Waals surface area contributed by atoms with E-state index in [4.69, 9.17) is 4.74 Å². The van der Waals surface area contributed by atoms with E-state index in [-0.39, 0.29) is 23.1 Å². The summed E-state index contributed by atoms with van der Waals surface area (Å²) in [6.07, 6.45) is 0. The molecule has 108 valence electrons. The molecule has 5 nitrogen and oxygen atoms in total. The number of hydrogen-bond donors (Lipinski definition) is 1. The first-order valence-electron chi connectivity index (χ1n) is 5.60. The van der Waals surface area contributed by atoms with Gasteiger partial charge in [-0.1, -0.05) is 0 Å². The Labute approximate surface area is 118 Å². The van der Waals surface area contributed by atoms with E-state index in [1.54, 1.807) is 0 Å². The number of rotatable bonds is 3. The summed E-state index contributed by atoms with van der Waals surface area (Å²) in [5, 5.41) is 3.07. The molecule has 0 atom stereocenters. The zero-order chi connectivity index (χ0) is 13.2. The van der Waals surface area contributed by atoms with E-state index >= 15 is 0 Å². The van der Waals surface area contributed by atoms with Gasteiger partial charge < -0.3 is 10.1 Å². The lowest BCUT2D eigenvalue weighted by atomic mass is 10.3. The maximum atomic E-state index is 13.5. The monoisotopic (exact) mass is 310 g/mol. The number of nitrogens with one attached hydrogen (secondary N) is 1. The molecule has 1 fully saturated rings. The SMILES string of the molecule is COc1ccc(S(=O)(=O)N2CCNCC2)cc1F.Cl. The first-order chi connectivity index (χ1) is 8.55. The largest absolute Gasteiger partial charge is 0.494 e. The lowest BCUT2D eigenvalue weighted by molar-refractivity contribution is 0.359. The van der Waals surface area contributed by atoms with Gasteiger partial charge in [-0.3, -0.25) is 0 Å². The Hall–Kier alpha value is -0.890. The van der Waals surface area contributed by atoms with Gasteiger partial charge in [-0.05, 0) is 18.2 Å². The van der Waals surface area contributed by atoms with E-state index < -0.39 is 15.8 Å². The van der Waals surface area contributed by atoms with Crippen LogP contribution in [0.25, 0.3) is 0 Å². The molecular weight excluding hydrogens is 295 g/mol. The summed E-state index contributed by atoms with van der Waals surface area (Å²) in [4.78, 5) is -0.0392. The molecule has 0 radical (unpaired) electrons. The third-order valence-corrected chi connectivity index (χ3v) is 4.73. The quantitative estimate of drug-likeness (QED) is 0.899. The Morgan fingerprint density at radius 2 is 1.95 bits per heavy atom. The molecule has 0 aromatic heterocycles. The van der Waals surface area contributed by atoms with E-state index in [0.29, 0.717) is 26.2 Å². The first-order valence-corrected chi connectivity index (χ1v) is 7.04. The normalized spacial score (nSPS) is 16.7. The van der Waals surface area contributed by atoms with Gasteiger partial charge in [0.15, 0.2) is 11.6 Å². The fourth-order valence-electron chi connectivity index (χ4n) is 1.84. The maximum Gasteiger partial charge on any atom is 0.243 e. The first kappa shape index (κ1) is 16.2. The molecule has 1 N–H and O–H groups in total. The molecule has 8 heteroatoms. The zero-order valence-electron chi connectivity index (χ0n) is 10.4. The van der Waals surface area contributed by atoms with Crippen LogP contribution in [-0.4, -0.2) is 46.0 Å². The highest BCUT2D eigenvalue weighted by Gasteiger charge is 2.26. The molecule has 1 saturated heterocycles. The summed E-state index contributed by atoms with van der Waals surface area (Å²) in [5.74, 6) is -0.636. The van der Waals surface area contributed by atoms with Crippen LogP contribution < -0.4 is 10.1 Å². The summed E-state index contributed by atoms with van der Waals surface area (Å²) in [6.45, 7) is 2.02. The van der Waals surface area contributed by atoms with Gasteiger partial charge in [0.1, 0.15) is 0 Å². The van der Waals surface area contributed by atoms with Crippen molar-refractivity contribution in [3.63, 3.8) is 0 Å². The third kappa shape index (κ3) is 3.36. The average Bonchev–Trinajstić information content (AvgIpc) is 2.39. The maximum absolute atomic E-state index is 13.5. The molecule has 0 spiro atoms. The highest BCUT2D eigenvalue weighted by atomic mass is 35.5. The van der Waals surface area contributed by atoms with E-state index in [1.807, 2.05) is 0 Å². The second-order valence-corrected chi connectivity index (χ2v) is 5.89. The summed E-state index contributed by atoms with van der Waals surface area (Å²) < 4.78 is 44.1. The molecule has 1 heterocycles. The second-order valence-electron chi connectivity index (χ2n) is 3.95. The van der Waals surface area contributed by atoms with Crippen LogP contribution in [0.3, 0.4) is 0 Å². The number of methoxy groups -OCH3 is 1. The molecule has 0 amide bonds. The number of ether oxygens (including phenoxy) is 1. The van der Waals surface area contributed by atoms with E-state index in [2.05, 4.69) is 5.32 Å². The second kappa shape index (κ2) is 6.51. The number of sulfonamides is 1. The van der Waals surface area contributed by atoms with Crippen molar-refractivity contribution in [1.29, 1.82) is 0 Å². The Kier molecular flexibility index (Phi) is 5.54. The predicted octanol–water partition coefficient (Wildman–Crippen LogP) is 0.850. The molecule has 19 heavy (non-hydrogen) atoms. The Bertz CT molecular complexity index is 533. The number of nitrogens with zero attached hydrogens (tertiary/aromatic N) is 1. The van der Waals surface area contributed by atoms with Gasteiger partial charge in [0.05, 0.1) is 12.0 Å². The lowest BCUT2D eigenvalue weighted by Gasteiger charge is -2.26. The minimum absolute atomic E-state index is 0. The molecule has 0 aliphatic carbocycles.